The number of rotatable bonds is 4. The van der Waals surface area contributed by atoms with E-state index in [9.17, 15) is 9.90 Å². The first kappa shape index (κ1) is 16.3. The number of anilines is 1. The number of likely N-dealkylation sites (N-methyl/N-ethyl adjacent to an activating group) is 1. The minimum absolute atomic E-state index is 0.0243. The third-order valence-corrected chi connectivity index (χ3v) is 4.18. The Morgan fingerprint density at radius 2 is 2.38 bits per heavy atom. The number of ether oxygens (including phenoxy) is 1. The maximum absolute atomic E-state index is 12.2. The first-order valence-electron chi connectivity index (χ1n) is 7.14. The Morgan fingerprint density at radius 3 is 3.00 bits per heavy atom. The zero-order valence-corrected chi connectivity index (χ0v) is 13.9. The van der Waals surface area contributed by atoms with Gasteiger partial charge in [0, 0.05) is 17.6 Å². The van der Waals surface area contributed by atoms with Gasteiger partial charge in [-0.1, -0.05) is 6.07 Å². The van der Waals surface area contributed by atoms with E-state index in [4.69, 9.17) is 4.74 Å². The molecule has 21 heavy (non-hydrogen) atoms. The first-order valence-corrected chi connectivity index (χ1v) is 7.93. The van der Waals surface area contributed by atoms with Crippen LogP contribution in [0.15, 0.2) is 22.7 Å². The molecule has 1 aliphatic heterocycles. The molecule has 0 spiro atoms. The van der Waals surface area contributed by atoms with Crippen LogP contribution in [0.4, 0.5) is 5.69 Å². The van der Waals surface area contributed by atoms with Gasteiger partial charge in [-0.25, -0.2) is 0 Å². The highest BCUT2D eigenvalue weighted by Gasteiger charge is 2.30. The number of amides is 1. The second-order valence-electron chi connectivity index (χ2n) is 5.07. The average molecular weight is 357 g/mol. The van der Waals surface area contributed by atoms with Crippen LogP contribution in [0.2, 0.25) is 0 Å². The molecule has 0 bridgehead atoms. The van der Waals surface area contributed by atoms with E-state index in [2.05, 4.69) is 21.2 Å². The number of nitrogens with one attached hydrogen (secondary N) is 1. The van der Waals surface area contributed by atoms with Crippen molar-refractivity contribution in [1.82, 2.24) is 5.32 Å². The number of carbonyl (C=O) groups is 1. The third kappa shape index (κ3) is 3.75. The van der Waals surface area contributed by atoms with Crippen molar-refractivity contribution >= 4 is 27.5 Å². The highest BCUT2D eigenvalue weighted by Crippen LogP contribution is 2.31. The van der Waals surface area contributed by atoms with Gasteiger partial charge >= 0.3 is 0 Å². The SMILES string of the molecule is CCNC(=O)C1COCCN1c1ccc([C@@H](C)O)cc1Br. The molecule has 116 valence electrons. The van der Waals surface area contributed by atoms with Crippen LogP contribution in [0.1, 0.15) is 25.5 Å². The Morgan fingerprint density at radius 1 is 1.62 bits per heavy atom. The summed E-state index contributed by atoms with van der Waals surface area (Å²) in [4.78, 5) is 14.2. The summed E-state index contributed by atoms with van der Waals surface area (Å²) in [7, 11) is 0. The van der Waals surface area contributed by atoms with Gasteiger partial charge in [-0.3, -0.25) is 4.79 Å². The fourth-order valence-electron chi connectivity index (χ4n) is 2.42. The number of morpholine rings is 1. The lowest BCUT2D eigenvalue weighted by molar-refractivity contribution is -0.124. The quantitative estimate of drug-likeness (QED) is 0.863. The lowest BCUT2D eigenvalue weighted by Gasteiger charge is -2.37. The molecule has 1 amide bonds. The molecule has 5 nitrogen and oxygen atoms in total. The van der Waals surface area contributed by atoms with Crippen molar-refractivity contribution in [1.29, 1.82) is 0 Å². The fraction of sp³-hybridized carbons (Fsp3) is 0.533. The highest BCUT2D eigenvalue weighted by molar-refractivity contribution is 9.10. The standard InChI is InChI=1S/C15H21BrN2O3/c1-3-17-15(20)14-9-21-7-6-18(14)13-5-4-11(10(2)19)8-12(13)16/h4-5,8,10,14,19H,3,6-7,9H2,1-2H3,(H,17,20)/t10-,14?/m1/s1. The van der Waals surface area contributed by atoms with Gasteiger partial charge in [0.25, 0.3) is 0 Å². The number of aliphatic hydroxyl groups is 1. The van der Waals surface area contributed by atoms with Crippen LogP contribution in [0.3, 0.4) is 0 Å². The summed E-state index contributed by atoms with van der Waals surface area (Å²) in [5.74, 6) is -0.0243. The first-order chi connectivity index (χ1) is 10.0. The Kier molecular flexibility index (Phi) is 5.61. The van der Waals surface area contributed by atoms with E-state index in [1.54, 1.807) is 6.92 Å². The normalized spacial score (nSPS) is 20.2. The molecule has 1 aromatic carbocycles. The van der Waals surface area contributed by atoms with Crippen LogP contribution in [0.5, 0.6) is 0 Å². The van der Waals surface area contributed by atoms with Gasteiger partial charge in [-0.2, -0.15) is 0 Å². The lowest BCUT2D eigenvalue weighted by Crippen LogP contribution is -2.54. The zero-order chi connectivity index (χ0) is 15.4. The molecule has 2 atom stereocenters. The molecule has 0 aliphatic carbocycles. The summed E-state index contributed by atoms with van der Waals surface area (Å²) >= 11 is 3.54. The van der Waals surface area contributed by atoms with Gasteiger partial charge in [-0.05, 0) is 47.5 Å². The molecule has 1 saturated heterocycles. The minimum Gasteiger partial charge on any atom is -0.389 e. The Labute approximate surface area is 133 Å². The maximum Gasteiger partial charge on any atom is 0.245 e. The monoisotopic (exact) mass is 356 g/mol. The Balaban J connectivity index is 2.27. The van der Waals surface area contributed by atoms with Gasteiger partial charge in [0.1, 0.15) is 6.04 Å². The highest BCUT2D eigenvalue weighted by atomic mass is 79.9. The molecule has 0 aromatic heterocycles. The van der Waals surface area contributed by atoms with Crippen molar-refractivity contribution in [3.63, 3.8) is 0 Å². The van der Waals surface area contributed by atoms with Crippen molar-refractivity contribution in [2.45, 2.75) is 26.0 Å². The molecule has 1 fully saturated rings. The van der Waals surface area contributed by atoms with Crippen molar-refractivity contribution in [3.8, 4) is 0 Å². The molecule has 1 heterocycles. The number of halogens is 1. The third-order valence-electron chi connectivity index (χ3n) is 3.55. The van der Waals surface area contributed by atoms with Crippen LogP contribution >= 0.6 is 15.9 Å². The van der Waals surface area contributed by atoms with Crippen molar-refractivity contribution in [2.75, 3.05) is 31.2 Å². The molecule has 0 radical (unpaired) electrons. The van der Waals surface area contributed by atoms with Gasteiger partial charge in [0.05, 0.1) is 25.0 Å². The van der Waals surface area contributed by atoms with E-state index < -0.39 is 6.10 Å². The smallest absolute Gasteiger partial charge is 0.245 e. The van der Waals surface area contributed by atoms with Gasteiger partial charge < -0.3 is 20.1 Å². The van der Waals surface area contributed by atoms with Crippen LogP contribution in [0.25, 0.3) is 0 Å². The second-order valence-corrected chi connectivity index (χ2v) is 5.92. The number of benzene rings is 1. The molecular formula is C15H21BrN2O3. The van der Waals surface area contributed by atoms with Crippen LogP contribution in [-0.4, -0.2) is 43.4 Å². The van der Waals surface area contributed by atoms with E-state index in [-0.39, 0.29) is 11.9 Å². The largest absolute Gasteiger partial charge is 0.389 e. The zero-order valence-electron chi connectivity index (χ0n) is 12.3. The molecule has 1 unspecified atom stereocenters. The van der Waals surface area contributed by atoms with E-state index in [1.807, 2.05) is 30.0 Å². The lowest BCUT2D eigenvalue weighted by atomic mass is 10.1. The summed E-state index contributed by atoms with van der Waals surface area (Å²) in [6.45, 7) is 5.88. The summed E-state index contributed by atoms with van der Waals surface area (Å²) in [6.07, 6.45) is -0.515. The van der Waals surface area contributed by atoms with Crippen molar-refractivity contribution in [2.24, 2.45) is 0 Å². The number of hydrogen-bond donors (Lipinski definition) is 2. The second kappa shape index (κ2) is 7.24. The molecule has 1 aromatic rings. The molecule has 2 rings (SSSR count). The Bertz CT molecular complexity index is 508. The number of carbonyl (C=O) groups excluding carboxylic acids is 1. The van der Waals surface area contributed by atoms with E-state index in [1.165, 1.54) is 0 Å². The fourth-order valence-corrected chi connectivity index (χ4v) is 3.04. The number of aliphatic hydroxyl groups excluding tert-OH is 1. The predicted molar refractivity (Wildman–Crippen MR) is 85.4 cm³/mol. The van der Waals surface area contributed by atoms with Crippen molar-refractivity contribution < 1.29 is 14.6 Å². The van der Waals surface area contributed by atoms with Crippen LogP contribution in [-0.2, 0) is 9.53 Å². The minimum atomic E-state index is -0.515. The van der Waals surface area contributed by atoms with Gasteiger partial charge in [-0.15, -0.1) is 0 Å². The molecule has 6 heteroatoms. The van der Waals surface area contributed by atoms with E-state index in [0.717, 1.165) is 15.7 Å². The molecule has 1 aliphatic rings. The number of hydrogen-bond acceptors (Lipinski definition) is 4. The summed E-state index contributed by atoms with van der Waals surface area (Å²) in [5.41, 5.74) is 1.78. The number of nitrogens with zero attached hydrogens (tertiary/aromatic N) is 1. The summed E-state index contributed by atoms with van der Waals surface area (Å²) in [6, 6.07) is 5.38. The van der Waals surface area contributed by atoms with E-state index in [0.29, 0.717) is 26.3 Å². The van der Waals surface area contributed by atoms with Gasteiger partial charge in [0.2, 0.25) is 5.91 Å². The molecule has 2 N–H and O–H groups in total. The van der Waals surface area contributed by atoms with Crippen molar-refractivity contribution in [3.05, 3.63) is 28.2 Å². The van der Waals surface area contributed by atoms with E-state index >= 15 is 0 Å². The predicted octanol–water partition coefficient (Wildman–Crippen LogP) is 1.84. The van der Waals surface area contributed by atoms with Crippen LogP contribution in [0, 0.1) is 0 Å². The summed E-state index contributed by atoms with van der Waals surface area (Å²) in [5, 5.41) is 12.5. The maximum atomic E-state index is 12.2. The topological polar surface area (TPSA) is 61.8 Å². The summed E-state index contributed by atoms with van der Waals surface area (Å²) < 4.78 is 6.32. The van der Waals surface area contributed by atoms with Crippen LogP contribution < -0.4 is 10.2 Å². The molecular weight excluding hydrogens is 336 g/mol. The average Bonchev–Trinajstić information content (AvgIpc) is 2.47. The van der Waals surface area contributed by atoms with Gasteiger partial charge in [0.15, 0.2) is 0 Å². The Hall–Kier alpha value is -1.11. The molecule has 0 saturated carbocycles.